The number of hydrogen-bond acceptors (Lipinski definition) is 8. The lowest BCUT2D eigenvalue weighted by Gasteiger charge is -2.56. The first-order valence-corrected chi connectivity index (χ1v) is 16.9. The van der Waals surface area contributed by atoms with Crippen molar-refractivity contribution in [1.29, 1.82) is 0 Å². The minimum atomic E-state index is -1.19. The molecular formula is C35H48N2O7. The van der Waals surface area contributed by atoms with Crippen molar-refractivity contribution >= 4 is 11.7 Å². The molecule has 7 rings (SSSR count). The molecule has 2 heterocycles. The zero-order chi connectivity index (χ0) is 30.7. The van der Waals surface area contributed by atoms with Gasteiger partial charge in [0.05, 0.1) is 32.3 Å². The summed E-state index contributed by atoms with van der Waals surface area (Å²) in [6, 6.07) is 8.93. The Morgan fingerprint density at radius 3 is 2.50 bits per heavy atom. The normalized spacial score (nSPS) is 37.8. The van der Waals surface area contributed by atoms with Crippen LogP contribution in [0.1, 0.15) is 102 Å². The zero-order valence-electron chi connectivity index (χ0n) is 26.4. The van der Waals surface area contributed by atoms with Crippen LogP contribution in [0, 0.1) is 27.4 Å². The standard InChI is InChI=1S/C35H48N2O7/c1-32-22-27(24-6-8-25(9-7-24)36-18-4-3-5-19-36)31-26(28(32)11-15-34(32,37(40)41)16-13-30(38)42-2)10-14-33(39)23-35(17-12-29(31)33)43-20-21-44-35/h6-9,26-28,39H,3-5,10-23H2,1-2H3/t26-,27+,28-,32-,33+,34+/m0/s1. The molecule has 0 bridgehead atoms. The minimum absolute atomic E-state index is 0.0338. The molecule has 5 fully saturated rings. The van der Waals surface area contributed by atoms with Crippen LogP contribution in [-0.2, 0) is 19.0 Å². The van der Waals surface area contributed by atoms with Crippen LogP contribution in [-0.4, -0.2) is 66.3 Å². The van der Waals surface area contributed by atoms with Crippen LogP contribution in [0.5, 0.6) is 0 Å². The van der Waals surface area contributed by atoms with Crippen LogP contribution >= 0.6 is 0 Å². The molecule has 2 saturated heterocycles. The van der Waals surface area contributed by atoms with Crippen molar-refractivity contribution in [2.24, 2.45) is 17.3 Å². The highest BCUT2D eigenvalue weighted by atomic mass is 16.7. The molecule has 0 aromatic heterocycles. The predicted octanol–water partition coefficient (Wildman–Crippen LogP) is 5.91. The van der Waals surface area contributed by atoms with E-state index in [0.717, 1.165) is 44.3 Å². The van der Waals surface area contributed by atoms with Crippen molar-refractivity contribution in [3.05, 3.63) is 51.1 Å². The van der Waals surface area contributed by atoms with Crippen molar-refractivity contribution in [2.75, 3.05) is 38.3 Å². The minimum Gasteiger partial charge on any atom is -0.469 e. The predicted molar refractivity (Wildman–Crippen MR) is 165 cm³/mol. The van der Waals surface area contributed by atoms with Gasteiger partial charge < -0.3 is 24.2 Å². The van der Waals surface area contributed by atoms with Gasteiger partial charge in [-0.3, -0.25) is 14.9 Å². The van der Waals surface area contributed by atoms with Gasteiger partial charge >= 0.3 is 5.97 Å². The molecule has 1 aromatic rings. The highest BCUT2D eigenvalue weighted by molar-refractivity contribution is 5.69. The largest absolute Gasteiger partial charge is 0.469 e. The number of anilines is 1. The van der Waals surface area contributed by atoms with E-state index in [0.29, 0.717) is 38.9 Å². The Morgan fingerprint density at radius 2 is 1.82 bits per heavy atom. The monoisotopic (exact) mass is 608 g/mol. The molecule has 4 aliphatic carbocycles. The summed E-state index contributed by atoms with van der Waals surface area (Å²) in [5, 5.41) is 25.4. The fourth-order valence-electron chi connectivity index (χ4n) is 10.7. The van der Waals surface area contributed by atoms with Crippen LogP contribution in [0.3, 0.4) is 0 Å². The van der Waals surface area contributed by atoms with E-state index in [4.69, 9.17) is 14.2 Å². The zero-order valence-corrected chi connectivity index (χ0v) is 26.4. The van der Waals surface area contributed by atoms with Crippen molar-refractivity contribution in [3.8, 4) is 0 Å². The number of methoxy groups -OCH3 is 1. The third-order valence-electron chi connectivity index (χ3n) is 12.9. The Labute approximate surface area is 260 Å². The van der Waals surface area contributed by atoms with Gasteiger partial charge in [0.1, 0.15) is 0 Å². The number of carbonyl (C=O) groups excluding carboxylic acids is 1. The van der Waals surface area contributed by atoms with Crippen LogP contribution in [0.2, 0.25) is 0 Å². The second kappa shape index (κ2) is 11.1. The fraction of sp³-hybridized carbons (Fsp3) is 0.743. The first kappa shape index (κ1) is 30.2. The van der Waals surface area contributed by atoms with E-state index in [-0.39, 0.29) is 35.5 Å². The van der Waals surface area contributed by atoms with E-state index in [2.05, 4.69) is 36.1 Å². The summed E-state index contributed by atoms with van der Waals surface area (Å²) in [4.78, 5) is 27.8. The van der Waals surface area contributed by atoms with Crippen LogP contribution in [0.4, 0.5) is 5.69 Å². The van der Waals surface area contributed by atoms with Crippen LogP contribution in [0.25, 0.3) is 0 Å². The molecule has 0 radical (unpaired) electrons. The maximum absolute atomic E-state index is 13.1. The lowest BCUT2D eigenvalue weighted by Crippen LogP contribution is -2.57. The Balaban J connectivity index is 1.31. The molecule has 6 aliphatic rings. The average molecular weight is 609 g/mol. The number of nitro groups is 1. The third-order valence-corrected chi connectivity index (χ3v) is 12.9. The maximum atomic E-state index is 13.1. The summed E-state index contributed by atoms with van der Waals surface area (Å²) in [5.74, 6) is -0.848. The molecule has 0 unspecified atom stereocenters. The lowest BCUT2D eigenvalue weighted by atomic mass is 9.49. The molecule has 1 spiro atoms. The van der Waals surface area contributed by atoms with Crippen molar-refractivity contribution in [1.82, 2.24) is 0 Å². The lowest BCUT2D eigenvalue weighted by molar-refractivity contribution is -0.591. The highest BCUT2D eigenvalue weighted by Gasteiger charge is 2.70. The average Bonchev–Trinajstić information content (AvgIpc) is 3.61. The number of esters is 1. The Kier molecular flexibility index (Phi) is 7.61. The molecule has 44 heavy (non-hydrogen) atoms. The first-order valence-electron chi connectivity index (χ1n) is 16.9. The third kappa shape index (κ3) is 4.63. The molecule has 6 atom stereocenters. The van der Waals surface area contributed by atoms with Gasteiger partial charge in [-0.2, -0.15) is 0 Å². The summed E-state index contributed by atoms with van der Waals surface area (Å²) in [6.45, 7) is 5.41. The summed E-state index contributed by atoms with van der Waals surface area (Å²) in [5.41, 5.74) is 2.09. The number of ether oxygens (including phenoxy) is 3. The van der Waals surface area contributed by atoms with Crippen molar-refractivity contribution < 1.29 is 29.0 Å². The number of piperidine rings is 1. The first-order chi connectivity index (χ1) is 21.1. The summed E-state index contributed by atoms with van der Waals surface area (Å²) >= 11 is 0. The van der Waals surface area contributed by atoms with Crippen LogP contribution < -0.4 is 4.90 Å². The molecule has 1 aromatic carbocycles. The molecule has 2 aliphatic heterocycles. The highest BCUT2D eigenvalue weighted by Crippen LogP contribution is 2.69. The Bertz CT molecular complexity index is 1320. The van der Waals surface area contributed by atoms with Gasteiger partial charge in [0.25, 0.3) is 0 Å². The van der Waals surface area contributed by atoms with E-state index < -0.39 is 28.3 Å². The van der Waals surface area contributed by atoms with Crippen molar-refractivity contribution in [2.45, 2.75) is 113 Å². The number of nitrogens with zero attached hydrogens (tertiary/aromatic N) is 2. The number of allylic oxidation sites excluding steroid dienone is 1. The summed E-state index contributed by atoms with van der Waals surface area (Å²) in [6.07, 6.45) is 9.11. The van der Waals surface area contributed by atoms with E-state index in [1.807, 2.05) is 0 Å². The second-order valence-corrected chi connectivity index (χ2v) is 14.7. The van der Waals surface area contributed by atoms with E-state index in [1.165, 1.54) is 43.2 Å². The second-order valence-electron chi connectivity index (χ2n) is 14.7. The molecule has 3 saturated carbocycles. The number of carbonyl (C=O) groups is 1. The van der Waals surface area contributed by atoms with Gasteiger partial charge in [-0.25, -0.2) is 0 Å². The molecule has 1 N–H and O–H groups in total. The van der Waals surface area contributed by atoms with Gasteiger partial charge in [-0.15, -0.1) is 0 Å². The topological polar surface area (TPSA) is 111 Å². The van der Waals surface area contributed by atoms with Gasteiger partial charge in [0.2, 0.25) is 5.54 Å². The number of fused-ring (bicyclic) bond motifs is 4. The van der Waals surface area contributed by atoms with Gasteiger partial charge in [0.15, 0.2) is 5.79 Å². The number of rotatable bonds is 6. The van der Waals surface area contributed by atoms with Gasteiger partial charge in [-0.05, 0) is 86.5 Å². The molecule has 9 nitrogen and oxygen atoms in total. The maximum Gasteiger partial charge on any atom is 0.305 e. The Morgan fingerprint density at radius 1 is 1.09 bits per heavy atom. The van der Waals surface area contributed by atoms with Gasteiger partial charge in [0, 0.05) is 60.7 Å². The number of hydrogen-bond donors (Lipinski definition) is 1. The van der Waals surface area contributed by atoms with E-state index >= 15 is 0 Å². The van der Waals surface area contributed by atoms with Crippen LogP contribution in [0.15, 0.2) is 35.4 Å². The quantitative estimate of drug-likeness (QED) is 0.184. The number of benzene rings is 1. The van der Waals surface area contributed by atoms with Crippen molar-refractivity contribution in [3.63, 3.8) is 0 Å². The molecule has 9 heteroatoms. The van der Waals surface area contributed by atoms with E-state index in [1.54, 1.807) is 0 Å². The SMILES string of the molecule is COC(=O)CC[C@]1([N+](=O)[O-])CC[C@H]2[C@@H]3CC[C@@]4(O)CC5(CCC4=C3[C@@H](c3ccc(N4CCCCC4)cc3)C[C@@]21C)OCCO5. The smallest absolute Gasteiger partial charge is 0.305 e. The van der Waals surface area contributed by atoms with E-state index in [9.17, 15) is 20.0 Å². The molecular weight excluding hydrogens is 560 g/mol. The van der Waals surface area contributed by atoms with Gasteiger partial charge in [-0.1, -0.05) is 24.6 Å². The Hall–Kier alpha value is -2.49. The number of aliphatic hydroxyl groups is 1. The fourth-order valence-corrected chi connectivity index (χ4v) is 10.7. The summed E-state index contributed by atoms with van der Waals surface area (Å²) < 4.78 is 17.1. The molecule has 240 valence electrons. The summed E-state index contributed by atoms with van der Waals surface area (Å²) in [7, 11) is 1.35. The molecule has 0 amide bonds.